The van der Waals surface area contributed by atoms with Crippen LogP contribution in [0.1, 0.15) is 89.5 Å². The summed E-state index contributed by atoms with van der Waals surface area (Å²) >= 11 is 12.5. The molecule has 1 rings (SSSR count). The van der Waals surface area contributed by atoms with Gasteiger partial charge in [0.2, 0.25) is 0 Å². The molecule has 0 radical (unpaired) electrons. The van der Waals surface area contributed by atoms with Crippen molar-refractivity contribution in [3.63, 3.8) is 0 Å². The maximum atomic E-state index is 6.27. The summed E-state index contributed by atoms with van der Waals surface area (Å²) < 4.78 is 0. The van der Waals surface area contributed by atoms with E-state index in [1.165, 1.54) is 57.7 Å². The molecule has 0 aliphatic heterocycles. The summed E-state index contributed by atoms with van der Waals surface area (Å²) in [6.45, 7) is 4.47. The Hall–Kier alpha value is -0.340. The fourth-order valence-corrected chi connectivity index (χ4v) is 3.38. The maximum absolute atomic E-state index is 6.27. The van der Waals surface area contributed by atoms with Gasteiger partial charge in [-0.25, -0.2) is 9.97 Å². The molecule has 0 saturated heterocycles. The maximum Gasteiger partial charge on any atom is 0.137 e. The summed E-state index contributed by atoms with van der Waals surface area (Å²) in [5.41, 5.74) is 0.967. The average Bonchev–Trinajstić information content (AvgIpc) is 2.47. The molecule has 0 aromatic carbocycles. The highest BCUT2D eigenvalue weighted by Crippen LogP contribution is 2.35. The second-order valence-corrected chi connectivity index (χ2v) is 6.48. The number of hydrogen-bond acceptors (Lipinski definition) is 2. The molecule has 0 unspecified atom stereocenters. The summed E-state index contributed by atoms with van der Waals surface area (Å²) in [7, 11) is 0. The van der Waals surface area contributed by atoms with Crippen molar-refractivity contribution in [1.29, 1.82) is 0 Å². The number of nitrogens with zero attached hydrogens (tertiary/aromatic N) is 2. The van der Waals surface area contributed by atoms with Crippen LogP contribution in [0.15, 0.2) is 6.33 Å². The predicted molar refractivity (Wildman–Crippen MR) is 92.3 cm³/mol. The van der Waals surface area contributed by atoms with Crippen LogP contribution in [0.25, 0.3) is 0 Å². The first-order chi connectivity index (χ1) is 10.2. The van der Waals surface area contributed by atoms with Crippen molar-refractivity contribution in [2.75, 3.05) is 0 Å². The fourth-order valence-electron chi connectivity index (χ4n) is 2.76. The molecule has 0 fully saturated rings. The van der Waals surface area contributed by atoms with Gasteiger partial charge < -0.3 is 0 Å². The third-order valence-corrected chi connectivity index (χ3v) is 4.61. The molecule has 0 atom stereocenters. The molecule has 4 heteroatoms. The van der Waals surface area contributed by atoms with Gasteiger partial charge in [0, 0.05) is 5.56 Å². The normalized spacial score (nSPS) is 11.3. The largest absolute Gasteiger partial charge is 0.224 e. The third kappa shape index (κ3) is 6.97. The molecule has 1 aromatic rings. The van der Waals surface area contributed by atoms with Crippen LogP contribution >= 0.6 is 23.2 Å². The lowest BCUT2D eigenvalue weighted by Crippen LogP contribution is -2.04. The van der Waals surface area contributed by atoms with E-state index >= 15 is 0 Å². The Labute approximate surface area is 139 Å². The van der Waals surface area contributed by atoms with Crippen molar-refractivity contribution >= 4 is 23.2 Å². The Morgan fingerprint density at radius 2 is 1.29 bits per heavy atom. The van der Waals surface area contributed by atoms with Crippen LogP contribution in [0.3, 0.4) is 0 Å². The van der Waals surface area contributed by atoms with Crippen molar-refractivity contribution in [2.45, 2.75) is 84.0 Å². The van der Waals surface area contributed by atoms with Crippen LogP contribution in [-0.4, -0.2) is 9.97 Å². The summed E-state index contributed by atoms with van der Waals surface area (Å²) in [4.78, 5) is 8.24. The van der Waals surface area contributed by atoms with Gasteiger partial charge in [0.1, 0.15) is 16.6 Å². The van der Waals surface area contributed by atoms with Gasteiger partial charge in [0.05, 0.1) is 0 Å². The first kappa shape index (κ1) is 18.7. The molecule has 1 aromatic heterocycles. The number of aromatic nitrogens is 2. The number of halogens is 2. The fraction of sp³-hybridized carbons (Fsp3) is 0.765. The van der Waals surface area contributed by atoms with Crippen LogP contribution in [-0.2, 0) is 0 Å². The zero-order valence-corrected chi connectivity index (χ0v) is 14.9. The average molecular weight is 331 g/mol. The Kier molecular flexibility index (Phi) is 10.0. The lowest BCUT2D eigenvalue weighted by atomic mass is 9.89. The van der Waals surface area contributed by atoms with Gasteiger partial charge in [-0.1, -0.05) is 88.4 Å². The van der Waals surface area contributed by atoms with E-state index < -0.39 is 0 Å². The van der Waals surface area contributed by atoms with E-state index in [9.17, 15) is 0 Å². The number of rotatable bonds is 11. The third-order valence-electron chi connectivity index (χ3n) is 4.01. The van der Waals surface area contributed by atoms with Gasteiger partial charge >= 0.3 is 0 Å². The van der Waals surface area contributed by atoms with Gasteiger partial charge in [-0.3, -0.25) is 0 Å². The van der Waals surface area contributed by atoms with Crippen LogP contribution in [0.2, 0.25) is 10.3 Å². The van der Waals surface area contributed by atoms with Crippen molar-refractivity contribution in [2.24, 2.45) is 0 Å². The van der Waals surface area contributed by atoms with E-state index in [-0.39, 0.29) is 0 Å². The Morgan fingerprint density at radius 1 is 0.810 bits per heavy atom. The minimum atomic E-state index is 0.403. The zero-order valence-electron chi connectivity index (χ0n) is 13.4. The molecule has 2 nitrogen and oxygen atoms in total. The molecule has 0 spiro atoms. The van der Waals surface area contributed by atoms with Gasteiger partial charge in [-0.15, -0.1) is 0 Å². The highest BCUT2D eigenvalue weighted by Gasteiger charge is 2.19. The molecule has 0 aliphatic rings. The van der Waals surface area contributed by atoms with Crippen LogP contribution in [0, 0.1) is 0 Å². The van der Waals surface area contributed by atoms with Crippen LogP contribution in [0.4, 0.5) is 0 Å². The summed E-state index contributed by atoms with van der Waals surface area (Å²) in [5, 5.41) is 1.07. The van der Waals surface area contributed by atoms with E-state index in [0.29, 0.717) is 16.2 Å². The zero-order chi connectivity index (χ0) is 15.5. The number of hydrogen-bond donors (Lipinski definition) is 0. The molecule has 1 heterocycles. The second kappa shape index (κ2) is 11.3. The molecular formula is C17H28Cl2N2. The van der Waals surface area contributed by atoms with E-state index in [1.54, 1.807) is 0 Å². The summed E-state index contributed by atoms with van der Waals surface area (Å²) in [6, 6.07) is 0. The lowest BCUT2D eigenvalue weighted by molar-refractivity contribution is 0.495. The van der Waals surface area contributed by atoms with Crippen molar-refractivity contribution < 1.29 is 0 Å². The van der Waals surface area contributed by atoms with Gasteiger partial charge in [0.15, 0.2) is 0 Å². The van der Waals surface area contributed by atoms with E-state index in [4.69, 9.17) is 23.2 Å². The first-order valence-corrected chi connectivity index (χ1v) is 9.12. The molecule has 0 aliphatic carbocycles. The van der Waals surface area contributed by atoms with E-state index in [1.807, 2.05) is 0 Å². The molecule has 0 bridgehead atoms. The molecule has 120 valence electrons. The molecule has 21 heavy (non-hydrogen) atoms. The molecule has 0 amide bonds. The van der Waals surface area contributed by atoms with Crippen LogP contribution in [0.5, 0.6) is 0 Å². The van der Waals surface area contributed by atoms with Crippen molar-refractivity contribution in [1.82, 2.24) is 9.97 Å². The molecule has 0 N–H and O–H groups in total. The minimum Gasteiger partial charge on any atom is -0.224 e. The molecule has 0 saturated carbocycles. The SMILES string of the molecule is CCCCCCC(CCCCCC)c1c(Cl)ncnc1Cl. The first-order valence-electron chi connectivity index (χ1n) is 8.36. The minimum absolute atomic E-state index is 0.403. The van der Waals surface area contributed by atoms with E-state index in [2.05, 4.69) is 23.8 Å². The topological polar surface area (TPSA) is 25.8 Å². The summed E-state index contributed by atoms with van der Waals surface area (Å²) in [6.07, 6.45) is 13.9. The quantitative estimate of drug-likeness (QED) is 0.329. The highest BCUT2D eigenvalue weighted by molar-refractivity contribution is 6.34. The van der Waals surface area contributed by atoms with Gasteiger partial charge in [-0.2, -0.15) is 0 Å². The van der Waals surface area contributed by atoms with Crippen LogP contribution < -0.4 is 0 Å². The van der Waals surface area contributed by atoms with Crippen molar-refractivity contribution in [3.8, 4) is 0 Å². The smallest absolute Gasteiger partial charge is 0.137 e. The number of unbranched alkanes of at least 4 members (excludes halogenated alkanes) is 6. The standard InChI is InChI=1S/C17H28Cl2N2/c1-3-5-7-9-11-14(12-10-8-6-4-2)15-16(18)20-13-21-17(15)19/h13-14H,3-12H2,1-2H3. The van der Waals surface area contributed by atoms with Gasteiger partial charge in [-0.05, 0) is 18.8 Å². The Balaban J connectivity index is 2.65. The van der Waals surface area contributed by atoms with E-state index in [0.717, 1.165) is 18.4 Å². The lowest BCUT2D eigenvalue weighted by Gasteiger charge is -2.19. The Bertz CT molecular complexity index is 364. The monoisotopic (exact) mass is 330 g/mol. The summed E-state index contributed by atoms with van der Waals surface area (Å²) in [5.74, 6) is 0.403. The van der Waals surface area contributed by atoms with Gasteiger partial charge in [0.25, 0.3) is 0 Å². The highest BCUT2D eigenvalue weighted by atomic mass is 35.5. The Morgan fingerprint density at radius 3 is 1.71 bits per heavy atom. The molecular weight excluding hydrogens is 303 g/mol. The second-order valence-electron chi connectivity index (χ2n) is 5.76. The predicted octanol–water partition coefficient (Wildman–Crippen LogP) is 6.81. The van der Waals surface area contributed by atoms with Crippen molar-refractivity contribution in [3.05, 3.63) is 22.2 Å².